The van der Waals surface area contributed by atoms with E-state index < -0.39 is 0 Å². The van der Waals surface area contributed by atoms with Crippen molar-refractivity contribution < 1.29 is 14.3 Å². The van der Waals surface area contributed by atoms with E-state index in [1.165, 1.54) is 0 Å². The first-order valence-corrected chi connectivity index (χ1v) is 8.80. The van der Waals surface area contributed by atoms with E-state index in [4.69, 9.17) is 9.47 Å². The molecule has 1 aromatic heterocycles. The van der Waals surface area contributed by atoms with Gasteiger partial charge in [-0.3, -0.25) is 4.79 Å². The third-order valence-electron chi connectivity index (χ3n) is 5.46. The Kier molecular flexibility index (Phi) is 4.21. The van der Waals surface area contributed by atoms with E-state index in [-0.39, 0.29) is 5.91 Å². The highest BCUT2D eigenvalue weighted by Crippen LogP contribution is 2.32. The van der Waals surface area contributed by atoms with Crippen LogP contribution in [-0.2, 0) is 11.2 Å². The van der Waals surface area contributed by atoms with Crippen LogP contribution in [0.25, 0.3) is 0 Å². The summed E-state index contributed by atoms with van der Waals surface area (Å²) in [5.74, 6) is 2.26. The van der Waals surface area contributed by atoms with Crippen molar-refractivity contribution in [3.05, 3.63) is 23.5 Å². The molecule has 0 spiro atoms. The first kappa shape index (κ1) is 14.9. The van der Waals surface area contributed by atoms with Gasteiger partial charge in [-0.05, 0) is 55.6 Å². The van der Waals surface area contributed by atoms with Crippen molar-refractivity contribution in [1.29, 1.82) is 0 Å². The molecule has 0 saturated carbocycles. The Morgan fingerprint density at radius 1 is 1.17 bits per heavy atom. The fourth-order valence-corrected chi connectivity index (χ4v) is 4.08. The summed E-state index contributed by atoms with van der Waals surface area (Å²) in [7, 11) is 0. The maximum atomic E-state index is 12.8. The fraction of sp³-hybridized carbons (Fsp3) is 0.667. The molecule has 0 bridgehead atoms. The van der Waals surface area contributed by atoms with Crippen molar-refractivity contribution in [2.75, 3.05) is 32.9 Å². The number of ether oxygens (including phenoxy) is 2. The molecular formula is C18H24N2O3. The first-order chi connectivity index (χ1) is 11.3. The lowest BCUT2D eigenvalue weighted by Crippen LogP contribution is -2.31. The number of aryl methyl sites for hydroxylation is 1. The minimum absolute atomic E-state index is 0.0768. The van der Waals surface area contributed by atoms with Crippen molar-refractivity contribution in [2.24, 2.45) is 11.8 Å². The zero-order valence-electron chi connectivity index (χ0n) is 13.5. The van der Waals surface area contributed by atoms with Gasteiger partial charge >= 0.3 is 0 Å². The van der Waals surface area contributed by atoms with Crippen molar-refractivity contribution in [1.82, 2.24) is 9.88 Å². The Bertz CT molecular complexity index is 584. The summed E-state index contributed by atoms with van der Waals surface area (Å²) in [6.07, 6.45) is 7.10. The zero-order valence-corrected chi connectivity index (χ0v) is 13.5. The molecule has 1 aromatic rings. The maximum absolute atomic E-state index is 12.8. The first-order valence-electron chi connectivity index (χ1n) is 8.80. The van der Waals surface area contributed by atoms with Gasteiger partial charge in [0.1, 0.15) is 11.4 Å². The van der Waals surface area contributed by atoms with Crippen LogP contribution in [0.5, 0.6) is 5.75 Å². The predicted molar refractivity (Wildman–Crippen MR) is 85.6 cm³/mol. The van der Waals surface area contributed by atoms with Crippen molar-refractivity contribution in [3.63, 3.8) is 0 Å². The van der Waals surface area contributed by atoms with Gasteiger partial charge in [0.25, 0.3) is 5.91 Å². The van der Waals surface area contributed by atoms with E-state index in [0.29, 0.717) is 17.5 Å². The van der Waals surface area contributed by atoms with Gasteiger partial charge in [0.2, 0.25) is 0 Å². The molecule has 3 aliphatic rings. The van der Waals surface area contributed by atoms with Crippen LogP contribution >= 0.6 is 0 Å². The molecule has 5 nitrogen and oxygen atoms in total. The minimum Gasteiger partial charge on any atom is -0.492 e. The molecule has 124 valence electrons. The van der Waals surface area contributed by atoms with Crippen LogP contribution in [-0.4, -0.2) is 48.7 Å². The standard InChI is InChI=1S/C18H24N2O3/c21-18(16-10-14-2-1-7-23-17(14)11-19-16)20-6-3-15(12-20)13-4-8-22-9-5-13/h10-11,13,15H,1-9,12H2. The number of likely N-dealkylation sites (tertiary alicyclic amines) is 1. The molecular weight excluding hydrogens is 292 g/mol. The Morgan fingerprint density at radius 2 is 2.04 bits per heavy atom. The van der Waals surface area contributed by atoms with Crippen LogP contribution in [0.4, 0.5) is 0 Å². The van der Waals surface area contributed by atoms with Gasteiger partial charge in [0.05, 0.1) is 12.8 Å². The molecule has 4 heterocycles. The van der Waals surface area contributed by atoms with Crippen LogP contribution in [0, 0.1) is 11.8 Å². The van der Waals surface area contributed by atoms with Crippen molar-refractivity contribution in [2.45, 2.75) is 32.1 Å². The number of hydrogen-bond donors (Lipinski definition) is 0. The number of hydrogen-bond acceptors (Lipinski definition) is 4. The highest BCUT2D eigenvalue weighted by Gasteiger charge is 2.33. The van der Waals surface area contributed by atoms with Gasteiger partial charge in [0.15, 0.2) is 0 Å². The summed E-state index contributed by atoms with van der Waals surface area (Å²) in [5.41, 5.74) is 1.69. The van der Waals surface area contributed by atoms with Crippen molar-refractivity contribution in [3.8, 4) is 5.75 Å². The highest BCUT2D eigenvalue weighted by atomic mass is 16.5. The SMILES string of the molecule is O=C(c1cc2c(cn1)OCCC2)N1CCC(C2CCOCC2)C1. The summed E-state index contributed by atoms with van der Waals surface area (Å²) < 4.78 is 11.0. The monoisotopic (exact) mass is 316 g/mol. The number of aromatic nitrogens is 1. The van der Waals surface area contributed by atoms with Gasteiger partial charge in [0, 0.05) is 26.3 Å². The topological polar surface area (TPSA) is 51.7 Å². The molecule has 2 fully saturated rings. The molecule has 4 rings (SSSR count). The van der Waals surface area contributed by atoms with E-state index in [1.807, 2.05) is 11.0 Å². The summed E-state index contributed by atoms with van der Waals surface area (Å²) in [4.78, 5) is 19.1. The van der Waals surface area contributed by atoms with E-state index >= 15 is 0 Å². The zero-order chi connectivity index (χ0) is 15.6. The second kappa shape index (κ2) is 6.48. The number of carbonyl (C=O) groups is 1. The number of fused-ring (bicyclic) bond motifs is 1. The summed E-state index contributed by atoms with van der Waals surface area (Å²) in [5, 5.41) is 0. The normalized spacial score (nSPS) is 25.0. The van der Waals surface area contributed by atoms with Crippen LogP contribution in [0.3, 0.4) is 0 Å². The smallest absolute Gasteiger partial charge is 0.272 e. The average molecular weight is 316 g/mol. The molecule has 1 atom stereocenters. The Morgan fingerprint density at radius 3 is 2.91 bits per heavy atom. The quantitative estimate of drug-likeness (QED) is 0.840. The van der Waals surface area contributed by atoms with Gasteiger partial charge < -0.3 is 14.4 Å². The van der Waals surface area contributed by atoms with E-state index in [0.717, 1.165) is 76.3 Å². The number of rotatable bonds is 2. The fourth-order valence-electron chi connectivity index (χ4n) is 4.08. The molecule has 1 amide bonds. The molecule has 0 aliphatic carbocycles. The maximum Gasteiger partial charge on any atom is 0.272 e. The van der Waals surface area contributed by atoms with Gasteiger partial charge in [-0.2, -0.15) is 0 Å². The number of pyridine rings is 1. The van der Waals surface area contributed by atoms with Crippen molar-refractivity contribution >= 4 is 5.91 Å². The number of amides is 1. The van der Waals surface area contributed by atoms with E-state index in [9.17, 15) is 4.79 Å². The molecule has 0 N–H and O–H groups in total. The van der Waals surface area contributed by atoms with E-state index in [2.05, 4.69) is 4.98 Å². The number of nitrogens with zero attached hydrogens (tertiary/aromatic N) is 2. The van der Waals surface area contributed by atoms with E-state index in [1.54, 1.807) is 6.20 Å². The molecule has 5 heteroatoms. The summed E-state index contributed by atoms with van der Waals surface area (Å²) >= 11 is 0. The Labute approximate surface area is 137 Å². The molecule has 0 radical (unpaired) electrons. The lowest BCUT2D eigenvalue weighted by Gasteiger charge is -2.27. The molecule has 3 aliphatic heterocycles. The molecule has 23 heavy (non-hydrogen) atoms. The minimum atomic E-state index is 0.0768. The van der Waals surface area contributed by atoms with Crippen LogP contribution in [0.15, 0.2) is 12.3 Å². The molecule has 1 unspecified atom stereocenters. The third kappa shape index (κ3) is 3.07. The van der Waals surface area contributed by atoms with Gasteiger partial charge in [-0.25, -0.2) is 4.98 Å². The van der Waals surface area contributed by atoms with Gasteiger partial charge in [-0.1, -0.05) is 0 Å². The highest BCUT2D eigenvalue weighted by molar-refractivity contribution is 5.92. The second-order valence-electron chi connectivity index (χ2n) is 6.88. The predicted octanol–water partition coefficient (Wildman–Crippen LogP) is 2.30. The summed E-state index contributed by atoms with van der Waals surface area (Å²) in [6.45, 7) is 4.23. The van der Waals surface area contributed by atoms with Crippen LogP contribution in [0.1, 0.15) is 41.7 Å². The Balaban J connectivity index is 1.43. The third-order valence-corrected chi connectivity index (χ3v) is 5.46. The summed E-state index contributed by atoms with van der Waals surface area (Å²) in [6, 6.07) is 1.93. The largest absolute Gasteiger partial charge is 0.492 e. The lowest BCUT2D eigenvalue weighted by molar-refractivity contribution is 0.0471. The Hall–Kier alpha value is -1.62. The number of carbonyl (C=O) groups excluding carboxylic acids is 1. The molecule has 0 aromatic carbocycles. The van der Waals surface area contributed by atoms with Gasteiger partial charge in [-0.15, -0.1) is 0 Å². The van der Waals surface area contributed by atoms with Crippen LogP contribution in [0.2, 0.25) is 0 Å². The second-order valence-corrected chi connectivity index (χ2v) is 6.88. The average Bonchev–Trinajstić information content (AvgIpc) is 3.11. The molecule has 2 saturated heterocycles. The van der Waals surface area contributed by atoms with Crippen LogP contribution < -0.4 is 4.74 Å². The lowest BCUT2D eigenvalue weighted by atomic mass is 9.85.